The molecule has 20 heavy (non-hydrogen) atoms. The zero-order chi connectivity index (χ0) is 14.8. The van der Waals surface area contributed by atoms with Gasteiger partial charge in [-0.3, -0.25) is 4.79 Å². The average Bonchev–Trinajstić information content (AvgIpc) is 2.95. The molecule has 0 saturated carbocycles. The number of carbonyl (C=O) groups excluding carboxylic acids is 1. The first-order valence-electron chi connectivity index (χ1n) is 6.14. The molecule has 2 heterocycles. The first kappa shape index (κ1) is 14.6. The van der Waals surface area contributed by atoms with Gasteiger partial charge in [-0.15, -0.1) is 0 Å². The molecule has 1 aromatic rings. The van der Waals surface area contributed by atoms with Gasteiger partial charge in [0.25, 0.3) is 5.91 Å². The van der Waals surface area contributed by atoms with E-state index >= 15 is 0 Å². The molecule has 0 bridgehead atoms. The molecular formula is C11H15F3N4O2. The van der Waals surface area contributed by atoms with E-state index in [2.05, 4.69) is 10.4 Å². The van der Waals surface area contributed by atoms with Crippen molar-refractivity contribution in [1.82, 2.24) is 15.1 Å². The minimum Gasteiger partial charge on any atom is -0.396 e. The summed E-state index contributed by atoms with van der Waals surface area (Å²) in [6.07, 6.45) is -1.81. The lowest BCUT2D eigenvalue weighted by Gasteiger charge is -2.13. The van der Waals surface area contributed by atoms with Crippen LogP contribution in [0.15, 0.2) is 6.20 Å². The lowest BCUT2D eigenvalue weighted by atomic mass is 10.2. The quantitative estimate of drug-likeness (QED) is 0.865. The van der Waals surface area contributed by atoms with Crippen molar-refractivity contribution in [2.24, 2.45) is 0 Å². The minimum atomic E-state index is -4.47. The van der Waals surface area contributed by atoms with Gasteiger partial charge in [-0.1, -0.05) is 0 Å². The molecule has 1 aliphatic rings. The summed E-state index contributed by atoms with van der Waals surface area (Å²) in [6, 6.07) is 0. The number of carbonyl (C=O) groups is 1. The zero-order valence-corrected chi connectivity index (χ0v) is 10.6. The molecule has 0 spiro atoms. The molecule has 0 aromatic carbocycles. The van der Waals surface area contributed by atoms with E-state index in [1.807, 2.05) is 0 Å². The Morgan fingerprint density at radius 1 is 1.60 bits per heavy atom. The van der Waals surface area contributed by atoms with Crippen molar-refractivity contribution < 1.29 is 22.7 Å². The summed E-state index contributed by atoms with van der Waals surface area (Å²) in [6.45, 7) is -0.475. The molecule has 112 valence electrons. The molecule has 1 unspecified atom stereocenters. The molecule has 1 amide bonds. The number of nitrogen functional groups attached to an aromatic ring is 1. The standard InChI is InChI=1S/C11H15F3N4O2/c12-11(13,14)6-18-9(8(15)5-17-18)10(19)16-4-7-2-1-3-20-7/h5,7H,1-4,6,15H2,(H,16,19). The molecule has 1 fully saturated rings. The zero-order valence-electron chi connectivity index (χ0n) is 10.6. The van der Waals surface area contributed by atoms with Crippen LogP contribution in [-0.2, 0) is 11.3 Å². The summed E-state index contributed by atoms with van der Waals surface area (Å²) in [5, 5.41) is 6.00. The highest BCUT2D eigenvalue weighted by Gasteiger charge is 2.31. The number of hydrogen-bond donors (Lipinski definition) is 2. The van der Waals surface area contributed by atoms with Gasteiger partial charge in [0.2, 0.25) is 0 Å². The number of nitrogens with two attached hydrogens (primary N) is 1. The third-order valence-corrected chi connectivity index (χ3v) is 2.93. The van der Waals surface area contributed by atoms with E-state index in [-0.39, 0.29) is 24.0 Å². The second-order valence-electron chi connectivity index (χ2n) is 4.57. The summed E-state index contributed by atoms with van der Waals surface area (Å²) >= 11 is 0. The number of ether oxygens (including phenoxy) is 1. The van der Waals surface area contributed by atoms with Crippen molar-refractivity contribution in [2.45, 2.75) is 31.7 Å². The number of hydrogen-bond acceptors (Lipinski definition) is 4. The van der Waals surface area contributed by atoms with E-state index in [0.717, 1.165) is 19.0 Å². The van der Waals surface area contributed by atoms with Crippen LogP contribution >= 0.6 is 0 Å². The molecule has 0 radical (unpaired) electrons. The van der Waals surface area contributed by atoms with E-state index in [0.29, 0.717) is 11.3 Å². The fourth-order valence-electron chi connectivity index (χ4n) is 2.03. The van der Waals surface area contributed by atoms with Gasteiger partial charge in [-0.25, -0.2) is 4.68 Å². The molecule has 6 nitrogen and oxygen atoms in total. The molecule has 3 N–H and O–H groups in total. The number of aromatic nitrogens is 2. The maximum atomic E-state index is 12.4. The number of rotatable bonds is 4. The van der Waals surface area contributed by atoms with Crippen LogP contribution in [0.4, 0.5) is 18.9 Å². The summed E-state index contributed by atoms with van der Waals surface area (Å²) in [4.78, 5) is 11.9. The van der Waals surface area contributed by atoms with Gasteiger partial charge in [-0.2, -0.15) is 18.3 Å². The van der Waals surface area contributed by atoms with Crippen LogP contribution in [-0.4, -0.2) is 41.1 Å². The van der Waals surface area contributed by atoms with Gasteiger partial charge in [0.1, 0.15) is 12.2 Å². The van der Waals surface area contributed by atoms with Crippen LogP contribution in [0.5, 0.6) is 0 Å². The Balaban J connectivity index is 2.02. The summed E-state index contributed by atoms with van der Waals surface area (Å²) in [5.41, 5.74) is 5.14. The highest BCUT2D eigenvalue weighted by Crippen LogP contribution is 2.20. The summed E-state index contributed by atoms with van der Waals surface area (Å²) < 4.78 is 43.0. The molecule has 9 heteroatoms. The minimum absolute atomic E-state index is 0.0842. The number of anilines is 1. The van der Waals surface area contributed by atoms with E-state index in [4.69, 9.17) is 10.5 Å². The normalized spacial score (nSPS) is 19.2. The van der Waals surface area contributed by atoms with E-state index in [1.54, 1.807) is 0 Å². The average molecular weight is 292 g/mol. The molecule has 1 aliphatic heterocycles. The van der Waals surface area contributed by atoms with Crippen LogP contribution in [0.2, 0.25) is 0 Å². The highest BCUT2D eigenvalue weighted by molar-refractivity contribution is 5.97. The Labute approximate surface area is 113 Å². The van der Waals surface area contributed by atoms with Gasteiger partial charge in [0.15, 0.2) is 0 Å². The summed E-state index contributed by atoms with van der Waals surface area (Å²) in [7, 11) is 0. The van der Waals surface area contributed by atoms with Crippen LogP contribution in [0, 0.1) is 0 Å². The first-order chi connectivity index (χ1) is 9.37. The molecule has 0 aliphatic carbocycles. The fraction of sp³-hybridized carbons (Fsp3) is 0.636. The maximum Gasteiger partial charge on any atom is 0.408 e. The Morgan fingerprint density at radius 3 is 2.95 bits per heavy atom. The van der Waals surface area contributed by atoms with Crippen LogP contribution in [0.1, 0.15) is 23.3 Å². The van der Waals surface area contributed by atoms with Gasteiger partial charge < -0.3 is 15.8 Å². The van der Waals surface area contributed by atoms with Crippen molar-refractivity contribution in [3.8, 4) is 0 Å². The molecular weight excluding hydrogens is 277 g/mol. The maximum absolute atomic E-state index is 12.4. The van der Waals surface area contributed by atoms with Crippen LogP contribution in [0.25, 0.3) is 0 Å². The van der Waals surface area contributed by atoms with Gasteiger partial charge in [-0.05, 0) is 12.8 Å². The molecule has 1 aromatic heterocycles. The van der Waals surface area contributed by atoms with E-state index in [1.165, 1.54) is 0 Å². The highest BCUT2D eigenvalue weighted by atomic mass is 19.4. The number of amides is 1. The van der Waals surface area contributed by atoms with Gasteiger partial charge in [0.05, 0.1) is 18.0 Å². The third kappa shape index (κ3) is 3.62. The lowest BCUT2D eigenvalue weighted by molar-refractivity contribution is -0.142. The number of halogens is 3. The van der Waals surface area contributed by atoms with Crippen molar-refractivity contribution in [3.05, 3.63) is 11.9 Å². The second kappa shape index (κ2) is 5.70. The van der Waals surface area contributed by atoms with Gasteiger partial charge in [0, 0.05) is 13.2 Å². The van der Waals surface area contributed by atoms with Crippen molar-refractivity contribution >= 4 is 11.6 Å². The number of nitrogens with zero attached hydrogens (tertiary/aromatic N) is 2. The molecule has 2 rings (SSSR count). The second-order valence-corrected chi connectivity index (χ2v) is 4.57. The first-order valence-corrected chi connectivity index (χ1v) is 6.14. The van der Waals surface area contributed by atoms with E-state index < -0.39 is 18.6 Å². The van der Waals surface area contributed by atoms with E-state index in [9.17, 15) is 18.0 Å². The SMILES string of the molecule is Nc1cnn(CC(F)(F)F)c1C(=O)NCC1CCCO1. The Hall–Kier alpha value is -1.77. The Kier molecular flexibility index (Phi) is 4.17. The number of nitrogens with one attached hydrogen (secondary N) is 1. The van der Waals surface area contributed by atoms with Crippen LogP contribution < -0.4 is 11.1 Å². The van der Waals surface area contributed by atoms with Crippen LogP contribution in [0.3, 0.4) is 0 Å². The molecule has 1 atom stereocenters. The largest absolute Gasteiger partial charge is 0.408 e. The lowest BCUT2D eigenvalue weighted by Crippen LogP contribution is -2.34. The fourth-order valence-corrected chi connectivity index (χ4v) is 2.03. The predicted molar refractivity (Wildman–Crippen MR) is 64.0 cm³/mol. The molecule has 1 saturated heterocycles. The van der Waals surface area contributed by atoms with Crippen molar-refractivity contribution in [2.75, 3.05) is 18.9 Å². The van der Waals surface area contributed by atoms with Crippen molar-refractivity contribution in [1.29, 1.82) is 0 Å². The third-order valence-electron chi connectivity index (χ3n) is 2.93. The van der Waals surface area contributed by atoms with Crippen molar-refractivity contribution in [3.63, 3.8) is 0 Å². The number of alkyl halides is 3. The predicted octanol–water partition coefficient (Wildman–Crippen LogP) is 0.936. The Bertz CT molecular complexity index is 481. The monoisotopic (exact) mass is 292 g/mol. The summed E-state index contributed by atoms with van der Waals surface area (Å²) in [5.74, 6) is -0.681. The smallest absolute Gasteiger partial charge is 0.396 e. The Morgan fingerprint density at radius 2 is 2.35 bits per heavy atom. The van der Waals surface area contributed by atoms with Gasteiger partial charge >= 0.3 is 6.18 Å². The topological polar surface area (TPSA) is 82.2 Å².